The van der Waals surface area contributed by atoms with Gasteiger partial charge in [-0.1, -0.05) is 39.8 Å². The molecule has 4 aromatic heterocycles. The number of nitrogens with zero attached hydrogens (tertiary/aromatic N) is 6. The molecule has 26 heteroatoms. The summed E-state index contributed by atoms with van der Waals surface area (Å²) < 4.78 is 5.63. The molecule has 0 saturated heterocycles. The Morgan fingerprint density at radius 1 is 0.562 bits per heavy atom. The molecule has 0 aromatic carbocycles. The van der Waals surface area contributed by atoms with Crippen LogP contribution in [-0.4, -0.2) is 156 Å². The number of ketones is 2. The van der Waals surface area contributed by atoms with Crippen molar-refractivity contribution in [2.75, 3.05) is 59.0 Å². The monoisotopic (exact) mass is 1020 g/mol. The Hall–Kier alpha value is -8.39. The van der Waals surface area contributed by atoms with E-state index in [2.05, 4.69) is 16.0 Å². The van der Waals surface area contributed by atoms with Gasteiger partial charge in [0.1, 0.15) is 39.9 Å². The molecule has 5 amide bonds. The van der Waals surface area contributed by atoms with E-state index in [0.717, 1.165) is 61.2 Å². The van der Waals surface area contributed by atoms with E-state index in [0.29, 0.717) is 0 Å². The quantitative estimate of drug-likeness (QED) is 0.0250. The number of carbonyl (C=O) groups is 7. The summed E-state index contributed by atoms with van der Waals surface area (Å²) in [4.78, 5) is 144. The average molecular weight is 1030 g/mol. The zero-order valence-electron chi connectivity index (χ0n) is 41.5. The predicted molar refractivity (Wildman–Crippen MR) is 261 cm³/mol. The van der Waals surface area contributed by atoms with Crippen LogP contribution in [0.25, 0.3) is 0 Å². The molecule has 0 aliphatic carbocycles. The Morgan fingerprint density at radius 3 is 1.48 bits per heavy atom. The molecule has 4 rings (SSSR count). The zero-order chi connectivity index (χ0) is 54.9. The smallest absolute Gasteiger partial charge is 0.296 e. The van der Waals surface area contributed by atoms with Crippen LogP contribution in [-0.2, 0) is 9.53 Å². The van der Waals surface area contributed by atoms with Crippen molar-refractivity contribution in [3.63, 3.8) is 0 Å². The fraction of sp³-hybridized carbons (Fsp3) is 0.426. The van der Waals surface area contributed by atoms with E-state index in [4.69, 9.17) is 10.5 Å². The first-order valence-corrected chi connectivity index (χ1v) is 23.3. The van der Waals surface area contributed by atoms with Crippen LogP contribution in [0.1, 0.15) is 130 Å². The lowest BCUT2D eigenvalue weighted by molar-refractivity contribution is -0.126. The van der Waals surface area contributed by atoms with Crippen LogP contribution in [0.15, 0.2) is 79.8 Å². The van der Waals surface area contributed by atoms with E-state index in [-0.39, 0.29) is 115 Å². The first-order chi connectivity index (χ1) is 34.8. The van der Waals surface area contributed by atoms with Gasteiger partial charge in [-0.15, -0.1) is 18.9 Å². The third-order valence-corrected chi connectivity index (χ3v) is 10.3. The van der Waals surface area contributed by atoms with Gasteiger partial charge in [-0.05, 0) is 62.1 Å². The van der Waals surface area contributed by atoms with Crippen LogP contribution in [0.2, 0.25) is 0 Å². The number of rotatable bonds is 25. The molecule has 0 saturated carbocycles. The molecule has 4 aromatic rings. The minimum absolute atomic E-state index is 0.00306. The minimum Gasteiger partial charge on any atom is -0.425 e. The summed E-state index contributed by atoms with van der Waals surface area (Å²) in [5.41, 5.74) is -1.53. The van der Waals surface area contributed by atoms with E-state index >= 15 is 0 Å². The van der Waals surface area contributed by atoms with E-state index in [1.807, 2.05) is 27.7 Å². The summed E-state index contributed by atoms with van der Waals surface area (Å²) in [6.07, 6.45) is -0.449. The predicted octanol–water partition coefficient (Wildman–Crippen LogP) is 0.205. The molecular weight excluding hydrogens is 961 g/mol. The summed E-state index contributed by atoms with van der Waals surface area (Å²) in [6, 6.07) is 9.49. The van der Waals surface area contributed by atoms with Crippen LogP contribution in [0, 0.1) is 0 Å². The highest BCUT2D eigenvalue weighted by Crippen LogP contribution is 2.16. The molecule has 4 heterocycles. The summed E-state index contributed by atoms with van der Waals surface area (Å²) in [6.45, 7) is 9.34. The summed E-state index contributed by atoms with van der Waals surface area (Å²) in [5.74, 6) is -5.81. The third kappa shape index (κ3) is 16.6. The Kier molecular flexibility index (Phi) is 25.3. The lowest BCUT2D eigenvalue weighted by Crippen LogP contribution is -2.52. The zero-order valence-corrected chi connectivity index (χ0v) is 41.5. The number of Topliss-reactive ketones (excluding diaryl/α,β-unsaturated/α-hetero) is 2. The summed E-state index contributed by atoms with van der Waals surface area (Å²) in [7, 11) is 0. The van der Waals surface area contributed by atoms with Crippen LogP contribution in [0.3, 0.4) is 0 Å². The van der Waals surface area contributed by atoms with E-state index < -0.39 is 91.9 Å². The second-order valence-electron chi connectivity index (χ2n) is 15.1. The second-order valence-corrected chi connectivity index (χ2v) is 15.1. The van der Waals surface area contributed by atoms with Crippen LogP contribution >= 0.6 is 0 Å². The van der Waals surface area contributed by atoms with Crippen LogP contribution in [0.5, 0.6) is 0 Å². The van der Waals surface area contributed by atoms with Crippen molar-refractivity contribution in [1.82, 2.24) is 44.7 Å². The van der Waals surface area contributed by atoms with Crippen molar-refractivity contribution in [2.45, 2.75) is 73.3 Å². The molecule has 0 bridgehead atoms. The van der Waals surface area contributed by atoms with Gasteiger partial charge in [0, 0.05) is 71.8 Å². The van der Waals surface area contributed by atoms with Gasteiger partial charge in [0.15, 0.2) is 11.6 Å². The number of nitrogens with two attached hydrogens (primary N) is 1. The molecule has 0 aliphatic heterocycles. The summed E-state index contributed by atoms with van der Waals surface area (Å²) in [5, 5.41) is 48.8. The molecule has 0 spiro atoms. The number of amides is 5. The highest BCUT2D eigenvalue weighted by Gasteiger charge is 2.32. The third-order valence-electron chi connectivity index (χ3n) is 10.3. The molecular formula is C47H64N10O16. The van der Waals surface area contributed by atoms with Gasteiger partial charge in [0.25, 0.3) is 45.9 Å². The molecule has 0 aliphatic rings. The molecule has 26 nitrogen and oxygen atoms in total. The molecule has 398 valence electrons. The van der Waals surface area contributed by atoms with Gasteiger partial charge in [-0.2, -0.15) is 0 Å². The van der Waals surface area contributed by atoms with Crippen molar-refractivity contribution in [2.24, 2.45) is 5.73 Å². The highest BCUT2D eigenvalue weighted by atomic mass is 16.5. The van der Waals surface area contributed by atoms with E-state index in [1.54, 1.807) is 0 Å². The molecule has 73 heavy (non-hydrogen) atoms. The van der Waals surface area contributed by atoms with Gasteiger partial charge >= 0.3 is 0 Å². The van der Waals surface area contributed by atoms with Crippen LogP contribution in [0.4, 0.5) is 0 Å². The lowest BCUT2D eigenvalue weighted by Gasteiger charge is -2.32. The van der Waals surface area contributed by atoms with Crippen molar-refractivity contribution < 1.29 is 59.1 Å². The fourth-order valence-corrected chi connectivity index (χ4v) is 6.81. The Bertz CT molecular complexity index is 2820. The largest absolute Gasteiger partial charge is 0.425 e. The van der Waals surface area contributed by atoms with E-state index in [9.17, 15) is 73.6 Å². The van der Waals surface area contributed by atoms with E-state index in [1.165, 1.54) is 23.1 Å². The number of aromatic nitrogens is 4. The topological polar surface area (TPSA) is 366 Å². The van der Waals surface area contributed by atoms with Crippen molar-refractivity contribution in [3.8, 4) is 0 Å². The number of carbonyl (C=O) groups excluding carboxylic acids is 7. The molecule has 1 atom stereocenters. The Morgan fingerprint density at radius 2 is 1.01 bits per heavy atom. The first-order valence-electron chi connectivity index (χ1n) is 23.3. The molecule has 1 unspecified atom stereocenters. The molecule has 0 fully saturated rings. The van der Waals surface area contributed by atoms with Crippen molar-refractivity contribution in [1.29, 1.82) is 0 Å². The number of hydrogen-bond acceptors (Lipinski definition) is 17. The first kappa shape index (κ1) is 60.7. The van der Waals surface area contributed by atoms with Gasteiger partial charge in [-0.25, -0.2) is 0 Å². The van der Waals surface area contributed by atoms with Gasteiger partial charge < -0.3 is 57.0 Å². The molecule has 0 radical (unpaired) electrons. The number of hydrogen-bond donors (Lipinski definition) is 8. The number of pyridine rings is 4. The van der Waals surface area contributed by atoms with Gasteiger partial charge in [0.05, 0.1) is 13.2 Å². The van der Waals surface area contributed by atoms with Crippen molar-refractivity contribution >= 4 is 41.1 Å². The van der Waals surface area contributed by atoms with Crippen LogP contribution < -0.4 is 43.9 Å². The normalized spacial score (nSPS) is 10.8. The van der Waals surface area contributed by atoms with Gasteiger partial charge in [-0.3, -0.25) is 52.7 Å². The maximum absolute atomic E-state index is 14.3. The standard InChI is InChI=1S/C43H52N10O16.2C2H6/c1-26(54)30-15-13-28(40(61)52(30)67)37(58)45-18-6-22-48(42(63)33-8-3-11-35(56)50(33)65)21-5-10-32(39(60)47-20-25-69-24-17-44)49(43(64)34-9-4-12-36(57)51(34)66)23-7-19-46-38(59)29-14-16-31(27(2)55)53(68)41(29)62;2*1-2/h3-4,8-9,11-16,32,65-68H,5-7,10,17-25,44H2,1-2H3,(H,45,58)(H,46,59)(H,47,60);2*1-2H3. The second kappa shape index (κ2) is 30.4. The molecule has 9 N–H and O–H groups in total. The maximum Gasteiger partial charge on any atom is 0.296 e. The average Bonchev–Trinajstić information content (AvgIpc) is 3.37. The Labute approximate surface area is 418 Å². The number of ether oxygens (including phenoxy) is 1. The fourth-order valence-electron chi connectivity index (χ4n) is 6.81. The minimum atomic E-state index is -1.44. The summed E-state index contributed by atoms with van der Waals surface area (Å²) >= 11 is 0. The van der Waals surface area contributed by atoms with Crippen molar-refractivity contribution in [3.05, 3.63) is 136 Å². The lowest BCUT2D eigenvalue weighted by atomic mass is 10.1. The maximum atomic E-state index is 14.3. The van der Waals surface area contributed by atoms with Gasteiger partial charge in [0.2, 0.25) is 5.91 Å². The number of nitrogens with one attached hydrogen (secondary N) is 3. The SMILES string of the molecule is CC.CC.CC(=O)c1ccc(C(=O)NCCCN(CCCC(C(=O)NCCOCCN)N(CCCNC(=O)c2ccc(C(C)=O)n(O)c2=O)C(=O)c2cccc(=O)n2O)C(=O)c2cccc(=O)n2O)c(=O)n1O. The Balaban J connectivity index is 0.00000445. The highest BCUT2D eigenvalue weighted by molar-refractivity contribution is 5.98.